The van der Waals surface area contributed by atoms with Crippen LogP contribution >= 0.6 is 11.6 Å². The van der Waals surface area contributed by atoms with Crippen molar-refractivity contribution in [3.8, 4) is 11.5 Å². The summed E-state index contributed by atoms with van der Waals surface area (Å²) in [5, 5.41) is 6.46. The van der Waals surface area contributed by atoms with E-state index < -0.39 is 34.5 Å². The van der Waals surface area contributed by atoms with Crippen molar-refractivity contribution >= 4 is 34.9 Å². The van der Waals surface area contributed by atoms with Crippen molar-refractivity contribution in [2.45, 2.75) is 13.1 Å². The summed E-state index contributed by atoms with van der Waals surface area (Å²) in [4.78, 5) is 27.9. The van der Waals surface area contributed by atoms with Gasteiger partial charge in [-0.3, -0.25) is 9.78 Å². The third kappa shape index (κ3) is 6.35. The largest absolute Gasteiger partial charge is 0.457 e. The number of hydrogen-bond donors (Lipinski definition) is 3. The molecule has 1 heterocycles. The number of amides is 3. The van der Waals surface area contributed by atoms with Gasteiger partial charge in [0.25, 0.3) is 5.91 Å². The summed E-state index contributed by atoms with van der Waals surface area (Å²) in [7, 11) is 0. The minimum atomic E-state index is -4.71. The van der Waals surface area contributed by atoms with Gasteiger partial charge in [-0.25, -0.2) is 9.18 Å². The number of benzene rings is 2. The second-order valence-corrected chi connectivity index (χ2v) is 7.16. The molecule has 0 unspecified atom stereocenters. The highest BCUT2D eigenvalue weighted by molar-refractivity contribution is 6.31. The molecule has 1 aromatic heterocycles. The van der Waals surface area contributed by atoms with Gasteiger partial charge in [0.15, 0.2) is 0 Å². The number of urea groups is 1. The molecule has 0 saturated heterocycles. The topological polar surface area (TPSA) is 92.4 Å². The van der Waals surface area contributed by atoms with Crippen molar-refractivity contribution in [1.82, 2.24) is 10.3 Å². The zero-order valence-corrected chi connectivity index (χ0v) is 18.2. The van der Waals surface area contributed by atoms with Crippen molar-refractivity contribution < 1.29 is 31.9 Å². The van der Waals surface area contributed by atoms with Gasteiger partial charge < -0.3 is 20.7 Å². The Bertz CT molecular complexity index is 1220. The van der Waals surface area contributed by atoms with Crippen molar-refractivity contribution in [2.24, 2.45) is 0 Å². The van der Waals surface area contributed by atoms with Gasteiger partial charge in [0, 0.05) is 30.6 Å². The van der Waals surface area contributed by atoms with E-state index in [4.69, 9.17) is 16.3 Å². The number of carbonyl (C=O) groups excluding carboxylic acids is 2. The summed E-state index contributed by atoms with van der Waals surface area (Å²) in [5.41, 5.74) is -1.43. The maximum atomic E-state index is 14.5. The van der Waals surface area contributed by atoms with E-state index in [-0.39, 0.29) is 28.6 Å². The Morgan fingerprint density at radius 3 is 2.44 bits per heavy atom. The fraction of sp³-hybridized carbons (Fsp3) is 0.136. The van der Waals surface area contributed by atoms with Crippen molar-refractivity contribution in [1.29, 1.82) is 0 Å². The first-order chi connectivity index (χ1) is 16.1. The molecule has 0 atom stereocenters. The smallest absolute Gasteiger partial charge is 0.417 e. The SMILES string of the molecule is CCNC(=O)c1cc(Oc2ccc(NC(=O)Nc3ccc(Cl)c(C(F)(F)F)c3)c(F)c2)ccn1. The first-order valence-electron chi connectivity index (χ1n) is 9.73. The van der Waals surface area contributed by atoms with E-state index in [0.29, 0.717) is 12.6 Å². The molecule has 0 fully saturated rings. The molecule has 0 aliphatic carbocycles. The summed E-state index contributed by atoms with van der Waals surface area (Å²) in [6.07, 6.45) is -3.35. The highest BCUT2D eigenvalue weighted by Gasteiger charge is 2.33. The van der Waals surface area contributed by atoms with Gasteiger partial charge in [0.2, 0.25) is 0 Å². The third-order valence-corrected chi connectivity index (χ3v) is 4.59. The average molecular weight is 497 g/mol. The Morgan fingerprint density at radius 2 is 1.76 bits per heavy atom. The number of rotatable bonds is 6. The van der Waals surface area contributed by atoms with Gasteiger partial charge in [-0.1, -0.05) is 11.6 Å². The first-order valence-corrected chi connectivity index (χ1v) is 10.1. The number of alkyl halides is 3. The van der Waals surface area contributed by atoms with Gasteiger partial charge in [-0.15, -0.1) is 0 Å². The number of hydrogen-bond acceptors (Lipinski definition) is 4. The van der Waals surface area contributed by atoms with E-state index in [0.717, 1.165) is 12.1 Å². The van der Waals surface area contributed by atoms with Crippen molar-refractivity contribution in [3.05, 3.63) is 76.8 Å². The van der Waals surface area contributed by atoms with Gasteiger partial charge in [0.05, 0.1) is 16.3 Å². The summed E-state index contributed by atoms with van der Waals surface area (Å²) in [6.45, 7) is 2.17. The molecule has 2 aromatic carbocycles. The number of ether oxygens (including phenoxy) is 1. The fourth-order valence-corrected chi connectivity index (χ4v) is 2.98. The zero-order chi connectivity index (χ0) is 24.9. The minimum absolute atomic E-state index is 0.0732. The van der Waals surface area contributed by atoms with E-state index in [2.05, 4.69) is 20.9 Å². The molecule has 0 spiro atoms. The number of nitrogens with one attached hydrogen (secondary N) is 3. The summed E-state index contributed by atoms with van der Waals surface area (Å²) in [6, 6.07) is 8.27. The lowest BCUT2D eigenvalue weighted by atomic mass is 10.2. The highest BCUT2D eigenvalue weighted by atomic mass is 35.5. The van der Waals surface area contributed by atoms with Crippen LogP contribution in [0.3, 0.4) is 0 Å². The standard InChI is InChI=1S/C22H17ClF4N4O3/c1-2-28-20(32)19-11-14(7-8-29-19)34-13-4-6-18(17(24)10-13)31-21(33)30-12-3-5-16(23)15(9-12)22(25,26)27/h3-11H,2H2,1H3,(H,28,32)(H2,30,31,33). The van der Waals surface area contributed by atoms with Crippen LogP contribution in [0.25, 0.3) is 0 Å². The van der Waals surface area contributed by atoms with E-state index in [9.17, 15) is 27.2 Å². The number of aromatic nitrogens is 1. The highest BCUT2D eigenvalue weighted by Crippen LogP contribution is 2.36. The summed E-state index contributed by atoms with van der Waals surface area (Å²) >= 11 is 5.55. The molecule has 3 N–H and O–H groups in total. The lowest BCUT2D eigenvalue weighted by molar-refractivity contribution is -0.137. The molecule has 0 aliphatic rings. The minimum Gasteiger partial charge on any atom is -0.457 e. The third-order valence-electron chi connectivity index (χ3n) is 4.26. The van der Waals surface area contributed by atoms with Crippen LogP contribution < -0.4 is 20.7 Å². The molecule has 3 amide bonds. The average Bonchev–Trinajstić information content (AvgIpc) is 2.76. The molecule has 3 rings (SSSR count). The lowest BCUT2D eigenvalue weighted by Gasteiger charge is -2.13. The molecule has 178 valence electrons. The van der Waals surface area contributed by atoms with Crippen LogP contribution in [0.1, 0.15) is 23.0 Å². The van der Waals surface area contributed by atoms with Crippen LogP contribution in [0, 0.1) is 5.82 Å². The van der Waals surface area contributed by atoms with Gasteiger partial charge in [-0.05, 0) is 43.3 Å². The maximum Gasteiger partial charge on any atom is 0.417 e. The van der Waals surface area contributed by atoms with E-state index in [1.54, 1.807) is 6.92 Å². The predicted octanol–water partition coefficient (Wildman–Crippen LogP) is 6.08. The molecule has 0 aliphatic heterocycles. The molecular formula is C22H17ClF4N4O3. The number of anilines is 2. The maximum absolute atomic E-state index is 14.5. The second-order valence-electron chi connectivity index (χ2n) is 6.75. The molecule has 0 radical (unpaired) electrons. The predicted molar refractivity (Wildman–Crippen MR) is 118 cm³/mol. The van der Waals surface area contributed by atoms with Gasteiger partial charge in [-0.2, -0.15) is 13.2 Å². The summed E-state index contributed by atoms with van der Waals surface area (Å²) in [5.74, 6) is -0.952. The van der Waals surface area contributed by atoms with Crippen LogP contribution in [0.2, 0.25) is 5.02 Å². The Balaban J connectivity index is 1.67. The normalized spacial score (nSPS) is 11.0. The number of nitrogens with zero attached hydrogens (tertiary/aromatic N) is 1. The van der Waals surface area contributed by atoms with Crippen molar-refractivity contribution in [3.63, 3.8) is 0 Å². The van der Waals surface area contributed by atoms with Crippen LogP contribution in [0.4, 0.5) is 33.7 Å². The molecular weight excluding hydrogens is 480 g/mol. The molecule has 0 saturated carbocycles. The Morgan fingerprint density at radius 1 is 1.03 bits per heavy atom. The quantitative estimate of drug-likeness (QED) is 0.361. The zero-order valence-electron chi connectivity index (χ0n) is 17.5. The monoisotopic (exact) mass is 496 g/mol. The number of pyridine rings is 1. The molecule has 34 heavy (non-hydrogen) atoms. The lowest BCUT2D eigenvalue weighted by Crippen LogP contribution is -2.23. The molecule has 7 nitrogen and oxygen atoms in total. The number of halogens is 5. The summed E-state index contributed by atoms with van der Waals surface area (Å²) < 4.78 is 58.9. The van der Waals surface area contributed by atoms with Gasteiger partial charge in [0.1, 0.15) is 23.0 Å². The fourth-order valence-electron chi connectivity index (χ4n) is 2.75. The molecule has 3 aromatic rings. The second kappa shape index (κ2) is 10.4. The number of carbonyl (C=O) groups is 2. The van der Waals surface area contributed by atoms with Crippen LogP contribution in [0.5, 0.6) is 11.5 Å². The van der Waals surface area contributed by atoms with E-state index in [1.807, 2.05) is 0 Å². The Labute approximate surface area is 196 Å². The Kier molecular flexibility index (Phi) is 7.57. The molecule has 12 heteroatoms. The first kappa shape index (κ1) is 24.8. The van der Waals surface area contributed by atoms with Gasteiger partial charge >= 0.3 is 12.2 Å². The Hall–Kier alpha value is -3.86. The van der Waals surface area contributed by atoms with Crippen LogP contribution in [-0.4, -0.2) is 23.5 Å². The van der Waals surface area contributed by atoms with E-state index in [1.165, 1.54) is 36.5 Å². The van der Waals surface area contributed by atoms with E-state index >= 15 is 0 Å². The molecule has 0 bridgehead atoms. The van der Waals surface area contributed by atoms with Crippen molar-refractivity contribution in [2.75, 3.05) is 17.2 Å². The van der Waals surface area contributed by atoms with Crippen LogP contribution in [-0.2, 0) is 6.18 Å². The van der Waals surface area contributed by atoms with Crippen LogP contribution in [0.15, 0.2) is 54.7 Å².